The van der Waals surface area contributed by atoms with Gasteiger partial charge in [0, 0.05) is 37.2 Å². The molecule has 1 saturated heterocycles. The Hall–Kier alpha value is -4.04. The summed E-state index contributed by atoms with van der Waals surface area (Å²) in [6, 6.07) is 8.76. The zero-order chi connectivity index (χ0) is 27.1. The number of alkyl halides is 3. The van der Waals surface area contributed by atoms with E-state index < -0.39 is 18.3 Å². The third-order valence-corrected chi connectivity index (χ3v) is 6.92. The highest BCUT2D eigenvalue weighted by atomic mass is 32.1. The monoisotopic (exact) mass is 545 g/mol. The van der Waals surface area contributed by atoms with Gasteiger partial charge in [0.15, 0.2) is 5.60 Å². The molecule has 198 valence electrons. The molecule has 1 fully saturated rings. The lowest BCUT2D eigenvalue weighted by molar-refractivity contribution is -0.143. The summed E-state index contributed by atoms with van der Waals surface area (Å²) in [6.45, 7) is -0.795. The van der Waals surface area contributed by atoms with Crippen molar-refractivity contribution in [3.63, 3.8) is 0 Å². The van der Waals surface area contributed by atoms with E-state index in [0.29, 0.717) is 34.9 Å². The first kappa shape index (κ1) is 25.6. The van der Waals surface area contributed by atoms with Crippen molar-refractivity contribution in [1.29, 1.82) is 0 Å². The number of aliphatic hydroxyl groups is 1. The average molecular weight is 546 g/mol. The van der Waals surface area contributed by atoms with E-state index in [2.05, 4.69) is 25.4 Å². The second-order valence-corrected chi connectivity index (χ2v) is 9.57. The summed E-state index contributed by atoms with van der Waals surface area (Å²) in [5.41, 5.74) is 0.894. The van der Waals surface area contributed by atoms with E-state index in [1.54, 1.807) is 36.7 Å². The molecule has 1 atom stereocenters. The van der Waals surface area contributed by atoms with Crippen LogP contribution in [0, 0.1) is 0 Å². The van der Waals surface area contributed by atoms with E-state index in [0.717, 1.165) is 16.4 Å². The van der Waals surface area contributed by atoms with Gasteiger partial charge in [-0.05, 0) is 17.7 Å². The highest BCUT2D eigenvalue weighted by molar-refractivity contribution is 7.13. The van der Waals surface area contributed by atoms with Crippen molar-refractivity contribution in [2.24, 2.45) is 0 Å². The zero-order valence-electron chi connectivity index (χ0n) is 20.2. The molecule has 0 radical (unpaired) electrons. The maximum atomic E-state index is 12.7. The van der Waals surface area contributed by atoms with Gasteiger partial charge in [0.1, 0.15) is 22.9 Å². The number of anilines is 2. The van der Waals surface area contributed by atoms with E-state index in [-0.39, 0.29) is 23.4 Å². The van der Waals surface area contributed by atoms with Gasteiger partial charge in [-0.3, -0.25) is 9.48 Å². The summed E-state index contributed by atoms with van der Waals surface area (Å²) in [5.74, 6) is -0.251. The van der Waals surface area contributed by atoms with Crippen LogP contribution in [-0.2, 0) is 16.9 Å². The lowest BCUT2D eigenvalue weighted by Gasteiger charge is -2.21. The molecule has 0 spiro atoms. The largest absolute Gasteiger partial charge is 0.478 e. The average Bonchev–Trinajstić information content (AvgIpc) is 3.59. The van der Waals surface area contributed by atoms with E-state index >= 15 is 0 Å². The topological polar surface area (TPSA) is 118 Å². The van der Waals surface area contributed by atoms with Crippen LogP contribution in [-0.4, -0.2) is 67.5 Å². The van der Waals surface area contributed by atoms with Crippen LogP contribution in [0.5, 0.6) is 5.88 Å². The molecule has 1 amide bonds. The third-order valence-electron chi connectivity index (χ3n) is 6.03. The molecule has 14 heteroatoms. The Morgan fingerprint density at radius 1 is 1.24 bits per heavy atom. The maximum absolute atomic E-state index is 12.7. The van der Waals surface area contributed by atoms with Crippen molar-refractivity contribution in [1.82, 2.24) is 29.6 Å². The summed E-state index contributed by atoms with van der Waals surface area (Å²) < 4.78 is 44.0. The summed E-state index contributed by atoms with van der Waals surface area (Å²) >= 11 is 1.36. The highest BCUT2D eigenvalue weighted by Crippen LogP contribution is 2.36. The Balaban J connectivity index is 1.38. The molecule has 5 rings (SSSR count). The quantitative estimate of drug-likeness (QED) is 0.360. The number of ether oxygens (including phenoxy) is 1. The molecular weight excluding hydrogens is 523 g/mol. The Kier molecular flexibility index (Phi) is 6.53. The third kappa shape index (κ3) is 5.04. The molecule has 0 bridgehead atoms. The first-order valence-corrected chi connectivity index (χ1v) is 12.3. The van der Waals surface area contributed by atoms with Gasteiger partial charge in [-0.2, -0.15) is 13.2 Å². The van der Waals surface area contributed by atoms with E-state index in [1.807, 2.05) is 6.07 Å². The number of halogens is 3. The first-order chi connectivity index (χ1) is 18.1. The number of nitrogens with zero attached hydrogens (tertiary/aromatic N) is 6. The molecule has 3 aromatic heterocycles. The molecule has 2 N–H and O–H groups in total. The number of benzene rings is 1. The van der Waals surface area contributed by atoms with Gasteiger partial charge in [-0.25, -0.2) is 15.0 Å². The van der Waals surface area contributed by atoms with Crippen LogP contribution < -0.4 is 10.1 Å². The second-order valence-electron chi connectivity index (χ2n) is 8.71. The number of amides is 1. The number of nitrogens with one attached hydrogen (secondary N) is 1. The van der Waals surface area contributed by atoms with Crippen LogP contribution >= 0.6 is 11.3 Å². The smallest absolute Gasteiger partial charge is 0.408 e. The minimum absolute atomic E-state index is 0.0346. The molecule has 4 heterocycles. The van der Waals surface area contributed by atoms with Crippen LogP contribution in [0.4, 0.5) is 24.8 Å². The number of carbonyl (C=O) groups excluding carboxylic acids is 1. The van der Waals surface area contributed by atoms with Crippen molar-refractivity contribution in [2.75, 3.05) is 26.0 Å². The fourth-order valence-corrected chi connectivity index (χ4v) is 4.95. The Morgan fingerprint density at radius 3 is 2.76 bits per heavy atom. The second kappa shape index (κ2) is 9.68. The molecule has 0 aliphatic carbocycles. The van der Waals surface area contributed by atoms with E-state index in [1.165, 1.54) is 29.5 Å². The Morgan fingerprint density at radius 2 is 2.05 bits per heavy atom. The standard InChI is InChI=1S/C24H22F3N7O3S/c1-33-9-7-23(36,21(33)35)15-5-3-4-14(10-15)20-29-18(12-38-20)16-6-8-28-22(30-16)31-17-11-34(13-24(25,26)27)32-19(17)37-2/h3-6,8,10-12,36H,7,9,13H2,1-2H3,(H,28,30,31)/t23-/m1/s1. The Bertz CT molecular complexity index is 1490. The van der Waals surface area contributed by atoms with Crippen molar-refractivity contribution in [3.8, 4) is 27.8 Å². The fourth-order valence-electron chi connectivity index (χ4n) is 4.14. The zero-order valence-corrected chi connectivity index (χ0v) is 21.0. The highest BCUT2D eigenvalue weighted by Gasteiger charge is 2.45. The van der Waals surface area contributed by atoms with Gasteiger partial charge in [0.05, 0.1) is 19.0 Å². The van der Waals surface area contributed by atoms with E-state index in [4.69, 9.17) is 4.74 Å². The van der Waals surface area contributed by atoms with Crippen LogP contribution in [0.1, 0.15) is 12.0 Å². The Labute approximate surface area is 218 Å². The fraction of sp³-hybridized carbons (Fsp3) is 0.292. The molecule has 1 aliphatic rings. The van der Waals surface area contributed by atoms with Gasteiger partial charge in [0.2, 0.25) is 5.95 Å². The lowest BCUT2D eigenvalue weighted by atomic mass is 9.91. The molecule has 38 heavy (non-hydrogen) atoms. The molecule has 4 aromatic rings. The van der Waals surface area contributed by atoms with Crippen LogP contribution in [0.15, 0.2) is 48.1 Å². The number of methoxy groups -OCH3 is 1. The van der Waals surface area contributed by atoms with Crippen LogP contribution in [0.3, 0.4) is 0 Å². The van der Waals surface area contributed by atoms with Crippen molar-refractivity contribution >= 4 is 28.9 Å². The van der Waals surface area contributed by atoms with Crippen molar-refractivity contribution in [2.45, 2.75) is 24.7 Å². The van der Waals surface area contributed by atoms with Gasteiger partial charge in [-0.1, -0.05) is 18.2 Å². The lowest BCUT2D eigenvalue weighted by Crippen LogP contribution is -2.36. The molecule has 10 nitrogen and oxygen atoms in total. The minimum Gasteiger partial charge on any atom is -0.478 e. The number of rotatable bonds is 7. The predicted molar refractivity (Wildman–Crippen MR) is 133 cm³/mol. The van der Waals surface area contributed by atoms with Gasteiger partial charge < -0.3 is 20.1 Å². The first-order valence-electron chi connectivity index (χ1n) is 11.4. The van der Waals surface area contributed by atoms with Gasteiger partial charge in [-0.15, -0.1) is 16.4 Å². The molecule has 1 aromatic carbocycles. The number of thiazole rings is 1. The van der Waals surface area contributed by atoms with Crippen LogP contribution in [0.25, 0.3) is 22.0 Å². The van der Waals surface area contributed by atoms with Crippen LogP contribution in [0.2, 0.25) is 0 Å². The predicted octanol–water partition coefficient (Wildman–Crippen LogP) is 3.83. The minimum atomic E-state index is -4.44. The summed E-state index contributed by atoms with van der Waals surface area (Å²) in [4.78, 5) is 27.2. The normalized spacial score (nSPS) is 17.7. The number of likely N-dealkylation sites (N-methyl/N-ethyl adjacent to an activating group) is 1. The molecule has 0 unspecified atom stereocenters. The summed E-state index contributed by atoms with van der Waals surface area (Å²) in [7, 11) is 2.96. The summed E-state index contributed by atoms with van der Waals surface area (Å²) in [5, 5.41) is 20.1. The van der Waals surface area contributed by atoms with Crippen molar-refractivity contribution < 1.29 is 27.8 Å². The van der Waals surface area contributed by atoms with Gasteiger partial charge in [0.25, 0.3) is 11.8 Å². The number of likely N-dealkylation sites (tertiary alicyclic amines) is 1. The summed E-state index contributed by atoms with van der Waals surface area (Å²) in [6.07, 6.45) is -1.47. The number of carbonyl (C=O) groups is 1. The number of hydrogen-bond acceptors (Lipinski definition) is 9. The van der Waals surface area contributed by atoms with E-state index in [9.17, 15) is 23.1 Å². The number of hydrogen-bond donors (Lipinski definition) is 2. The molecule has 0 saturated carbocycles. The van der Waals surface area contributed by atoms with Gasteiger partial charge >= 0.3 is 6.18 Å². The molecule has 1 aliphatic heterocycles. The van der Waals surface area contributed by atoms with Crippen molar-refractivity contribution in [3.05, 3.63) is 53.7 Å². The molecular formula is C24H22F3N7O3S. The SMILES string of the molecule is COc1nn(CC(F)(F)F)cc1Nc1nccc(-c2csc(-c3cccc([C@]4(O)CCN(C)C4=O)c3)n2)n1. The maximum Gasteiger partial charge on any atom is 0.408 e. The number of aromatic nitrogens is 5.